The lowest BCUT2D eigenvalue weighted by Gasteiger charge is -2.40. The summed E-state index contributed by atoms with van der Waals surface area (Å²) in [4.78, 5) is 0. The molecule has 0 saturated heterocycles. The van der Waals surface area contributed by atoms with Crippen LogP contribution in [0.15, 0.2) is 152 Å². The number of hydrogen-bond donors (Lipinski definition) is 0. The molecule has 40 heavy (non-hydrogen) atoms. The van der Waals surface area contributed by atoms with Gasteiger partial charge in [0.05, 0.1) is 6.61 Å². The molecular formula is C37H38O2Si. The van der Waals surface area contributed by atoms with Crippen LogP contribution in [-0.2, 0) is 22.0 Å². The first-order valence-corrected chi connectivity index (χ1v) is 16.1. The Hall–Kier alpha value is -3.76. The maximum absolute atomic E-state index is 7.55. The number of benzene rings is 5. The Bertz CT molecular complexity index is 1270. The summed E-state index contributed by atoms with van der Waals surface area (Å²) >= 11 is 0. The summed E-state index contributed by atoms with van der Waals surface area (Å²) < 4.78 is 13.8. The minimum absolute atomic E-state index is 0.255. The van der Waals surface area contributed by atoms with E-state index in [1.54, 1.807) is 0 Å². The van der Waals surface area contributed by atoms with E-state index in [1.807, 2.05) is 0 Å². The van der Waals surface area contributed by atoms with Gasteiger partial charge in [0.1, 0.15) is 0 Å². The zero-order valence-corrected chi connectivity index (χ0v) is 24.3. The Morgan fingerprint density at radius 3 is 1.18 bits per heavy atom. The third-order valence-corrected chi connectivity index (χ3v) is 11.6. The van der Waals surface area contributed by atoms with E-state index in [4.69, 9.17) is 9.16 Å². The van der Waals surface area contributed by atoms with Gasteiger partial charge in [0.15, 0.2) is 0 Å². The summed E-state index contributed by atoms with van der Waals surface area (Å²) in [6, 6.07) is 54.1. The Morgan fingerprint density at radius 1 is 0.475 bits per heavy atom. The number of rotatable bonds is 13. The average Bonchev–Trinajstić information content (AvgIpc) is 3.03. The maximum atomic E-state index is 7.55. The molecule has 0 aromatic heterocycles. The molecule has 0 aliphatic heterocycles. The van der Waals surface area contributed by atoms with Crippen molar-refractivity contribution in [1.29, 1.82) is 0 Å². The summed E-state index contributed by atoms with van der Waals surface area (Å²) in [6.07, 6.45) is 1.73. The third-order valence-electron chi connectivity index (χ3n) is 7.59. The number of hydrogen-bond acceptors (Lipinski definition) is 2. The molecule has 0 bridgehead atoms. The van der Waals surface area contributed by atoms with Crippen LogP contribution in [0.3, 0.4) is 0 Å². The maximum Gasteiger partial charge on any atom is 0.288 e. The molecule has 0 amide bonds. The van der Waals surface area contributed by atoms with Gasteiger partial charge in [0, 0.05) is 18.6 Å². The summed E-state index contributed by atoms with van der Waals surface area (Å²) in [7, 11) is -2.86. The lowest BCUT2D eigenvalue weighted by Crippen LogP contribution is -2.70. The SMILES string of the molecule is CCOCC(CO[Si](c1ccccc1)(c1ccccc1)c1ccccc1)(Cc1ccccc1)Cc1ccccc1. The van der Waals surface area contributed by atoms with Gasteiger partial charge >= 0.3 is 0 Å². The molecule has 0 radical (unpaired) electrons. The lowest BCUT2D eigenvalue weighted by molar-refractivity contribution is 0.0174. The summed E-state index contributed by atoms with van der Waals surface area (Å²) in [5, 5.41) is 3.74. The fourth-order valence-corrected chi connectivity index (χ4v) is 9.72. The van der Waals surface area contributed by atoms with Crippen molar-refractivity contribution >= 4 is 23.9 Å². The van der Waals surface area contributed by atoms with Crippen LogP contribution >= 0.6 is 0 Å². The molecule has 0 spiro atoms. The van der Waals surface area contributed by atoms with Gasteiger partial charge < -0.3 is 9.16 Å². The van der Waals surface area contributed by atoms with Gasteiger partial charge in [-0.2, -0.15) is 0 Å². The molecule has 0 atom stereocenters. The van der Waals surface area contributed by atoms with Crippen LogP contribution < -0.4 is 15.6 Å². The summed E-state index contributed by atoms with van der Waals surface area (Å²) in [6.45, 7) is 3.94. The van der Waals surface area contributed by atoms with E-state index in [0.29, 0.717) is 19.8 Å². The van der Waals surface area contributed by atoms with Crippen LogP contribution in [0.25, 0.3) is 0 Å². The Balaban J connectivity index is 1.64. The summed E-state index contributed by atoms with van der Waals surface area (Å²) in [5.41, 5.74) is 2.34. The van der Waals surface area contributed by atoms with Crippen LogP contribution in [0.1, 0.15) is 18.1 Å². The van der Waals surface area contributed by atoms with Crippen LogP contribution in [0.5, 0.6) is 0 Å². The average molecular weight is 543 g/mol. The standard InChI is InChI=1S/C37H38O2Si/c1-2-38-30-37(28-32-18-8-3-9-19-32,29-33-20-10-4-11-21-33)31-39-40(34-22-12-5-13-23-34,35-24-14-6-15-25-35)36-26-16-7-17-27-36/h3-27H,2,28-31H2,1H3. The fraction of sp³-hybridized carbons (Fsp3) is 0.189. The number of ether oxygens (including phenoxy) is 1. The van der Waals surface area contributed by atoms with E-state index in [2.05, 4.69) is 159 Å². The van der Waals surface area contributed by atoms with Crippen LogP contribution in [0, 0.1) is 5.41 Å². The van der Waals surface area contributed by atoms with Crippen molar-refractivity contribution in [1.82, 2.24) is 0 Å². The molecule has 202 valence electrons. The predicted molar refractivity (Wildman–Crippen MR) is 169 cm³/mol. The quantitative estimate of drug-likeness (QED) is 0.131. The van der Waals surface area contributed by atoms with Crippen LogP contribution in [0.2, 0.25) is 0 Å². The Labute approximate surface area is 240 Å². The molecule has 0 heterocycles. The highest BCUT2D eigenvalue weighted by Gasteiger charge is 2.44. The largest absolute Gasteiger partial charge is 0.404 e. The van der Waals surface area contributed by atoms with Crippen molar-refractivity contribution in [2.45, 2.75) is 19.8 Å². The van der Waals surface area contributed by atoms with Crippen molar-refractivity contribution in [3.8, 4) is 0 Å². The highest BCUT2D eigenvalue weighted by atomic mass is 28.4. The second-order valence-electron chi connectivity index (χ2n) is 10.5. The van der Waals surface area contributed by atoms with E-state index < -0.39 is 8.32 Å². The molecule has 0 aliphatic rings. The van der Waals surface area contributed by atoms with Gasteiger partial charge in [-0.1, -0.05) is 152 Å². The molecule has 0 N–H and O–H groups in total. The Kier molecular flexibility index (Phi) is 9.41. The first kappa shape index (κ1) is 27.8. The molecule has 0 unspecified atom stereocenters. The monoisotopic (exact) mass is 542 g/mol. The first-order valence-electron chi connectivity index (χ1n) is 14.2. The van der Waals surface area contributed by atoms with Crippen molar-refractivity contribution in [2.75, 3.05) is 19.8 Å². The van der Waals surface area contributed by atoms with E-state index in [1.165, 1.54) is 26.7 Å². The highest BCUT2D eigenvalue weighted by Crippen LogP contribution is 2.31. The molecule has 3 heteroatoms. The smallest absolute Gasteiger partial charge is 0.288 e. The molecule has 5 aromatic carbocycles. The van der Waals surface area contributed by atoms with Gasteiger partial charge in [-0.15, -0.1) is 0 Å². The first-order chi connectivity index (χ1) is 19.7. The molecular weight excluding hydrogens is 504 g/mol. The highest BCUT2D eigenvalue weighted by molar-refractivity contribution is 7.07. The Morgan fingerprint density at radius 2 is 0.825 bits per heavy atom. The van der Waals surface area contributed by atoms with Crippen molar-refractivity contribution in [3.05, 3.63) is 163 Å². The minimum atomic E-state index is -2.86. The zero-order valence-electron chi connectivity index (χ0n) is 23.3. The van der Waals surface area contributed by atoms with Crippen molar-refractivity contribution < 1.29 is 9.16 Å². The third kappa shape index (κ3) is 6.51. The van der Waals surface area contributed by atoms with Crippen LogP contribution in [-0.4, -0.2) is 28.1 Å². The minimum Gasteiger partial charge on any atom is -0.404 e. The van der Waals surface area contributed by atoms with Crippen molar-refractivity contribution in [2.24, 2.45) is 5.41 Å². The molecule has 5 rings (SSSR count). The molecule has 2 nitrogen and oxygen atoms in total. The van der Waals surface area contributed by atoms with E-state index in [-0.39, 0.29) is 5.41 Å². The van der Waals surface area contributed by atoms with Gasteiger partial charge in [-0.3, -0.25) is 0 Å². The van der Waals surface area contributed by atoms with Crippen molar-refractivity contribution in [3.63, 3.8) is 0 Å². The van der Waals surface area contributed by atoms with Crippen LogP contribution in [0.4, 0.5) is 0 Å². The molecule has 0 aliphatic carbocycles. The van der Waals surface area contributed by atoms with E-state index in [0.717, 1.165) is 12.8 Å². The predicted octanol–water partition coefficient (Wildman–Crippen LogP) is 6.18. The van der Waals surface area contributed by atoms with Gasteiger partial charge in [0.2, 0.25) is 0 Å². The van der Waals surface area contributed by atoms with Gasteiger partial charge in [0.25, 0.3) is 8.32 Å². The molecule has 0 fully saturated rings. The van der Waals surface area contributed by atoms with E-state index in [9.17, 15) is 0 Å². The summed E-state index contributed by atoms with van der Waals surface area (Å²) in [5.74, 6) is 0. The fourth-order valence-electron chi connectivity index (χ4n) is 5.71. The normalized spacial score (nSPS) is 11.8. The van der Waals surface area contributed by atoms with E-state index >= 15 is 0 Å². The second-order valence-corrected chi connectivity index (χ2v) is 13.9. The van der Waals surface area contributed by atoms with Gasteiger partial charge in [-0.25, -0.2) is 0 Å². The second kappa shape index (κ2) is 13.5. The van der Waals surface area contributed by atoms with Gasteiger partial charge in [-0.05, 0) is 46.5 Å². The lowest BCUT2D eigenvalue weighted by atomic mass is 9.78. The molecule has 5 aromatic rings. The topological polar surface area (TPSA) is 18.5 Å². The zero-order chi connectivity index (χ0) is 27.5. The molecule has 0 saturated carbocycles.